The van der Waals surface area contributed by atoms with E-state index in [1.807, 2.05) is 18.2 Å². The minimum atomic E-state index is -0.773. The summed E-state index contributed by atoms with van der Waals surface area (Å²) in [7, 11) is 0. The Morgan fingerprint density at radius 1 is 1.25 bits per heavy atom. The van der Waals surface area contributed by atoms with Crippen LogP contribution in [-0.2, 0) is 11.3 Å². The van der Waals surface area contributed by atoms with Gasteiger partial charge in [0.1, 0.15) is 5.82 Å². The Labute approximate surface area is 121 Å². The molecular weight excluding hydrogens is 277 g/mol. The smallest absolute Gasteiger partial charge is 0.303 e. The third kappa shape index (κ3) is 4.15. The molecule has 5 heteroatoms. The molecule has 0 unspecified atom stereocenters. The van der Waals surface area contributed by atoms with Crippen molar-refractivity contribution in [2.45, 2.75) is 19.4 Å². The fraction of sp³-hybridized carbons (Fsp3) is 0.267. The zero-order chi connectivity index (χ0) is 14.4. The maximum Gasteiger partial charge on any atom is 0.303 e. The zero-order valence-corrected chi connectivity index (χ0v) is 11.8. The summed E-state index contributed by atoms with van der Waals surface area (Å²) in [6.45, 7) is 1.35. The monoisotopic (exact) mass is 293 g/mol. The molecule has 1 aromatic carbocycles. The van der Waals surface area contributed by atoms with Crippen LogP contribution < -0.4 is 5.32 Å². The maximum atomic E-state index is 13.6. The van der Waals surface area contributed by atoms with E-state index in [-0.39, 0.29) is 12.2 Å². The Kier molecular flexibility index (Phi) is 5.26. The first-order chi connectivity index (χ1) is 9.66. The van der Waals surface area contributed by atoms with E-state index in [9.17, 15) is 9.18 Å². The van der Waals surface area contributed by atoms with Gasteiger partial charge in [0.25, 0.3) is 0 Å². The molecule has 0 atom stereocenters. The molecule has 2 rings (SSSR count). The van der Waals surface area contributed by atoms with Gasteiger partial charge in [-0.05, 0) is 31.2 Å². The number of hydrogen-bond donors (Lipinski definition) is 2. The number of carboxylic acid groups (broad SMARTS) is 1. The fourth-order valence-corrected chi connectivity index (χ4v) is 2.86. The molecule has 2 aromatic rings. The van der Waals surface area contributed by atoms with Gasteiger partial charge >= 0.3 is 5.97 Å². The topological polar surface area (TPSA) is 49.3 Å². The number of carboxylic acids is 1. The van der Waals surface area contributed by atoms with Crippen molar-refractivity contribution in [3.8, 4) is 10.4 Å². The first-order valence-corrected chi connectivity index (χ1v) is 7.24. The van der Waals surface area contributed by atoms with Crippen molar-refractivity contribution < 1.29 is 14.3 Å². The molecule has 20 heavy (non-hydrogen) atoms. The lowest BCUT2D eigenvalue weighted by Crippen LogP contribution is -2.14. The lowest BCUT2D eigenvalue weighted by Gasteiger charge is -2.01. The molecule has 3 nitrogen and oxygen atoms in total. The van der Waals surface area contributed by atoms with Crippen LogP contribution in [0.25, 0.3) is 10.4 Å². The lowest BCUT2D eigenvalue weighted by molar-refractivity contribution is -0.137. The largest absolute Gasteiger partial charge is 0.481 e. The van der Waals surface area contributed by atoms with Crippen LogP contribution in [0.2, 0.25) is 0 Å². The molecule has 1 aromatic heterocycles. The molecule has 0 bridgehead atoms. The average molecular weight is 293 g/mol. The number of hydrogen-bond acceptors (Lipinski definition) is 3. The zero-order valence-electron chi connectivity index (χ0n) is 10.9. The number of rotatable bonds is 7. The van der Waals surface area contributed by atoms with Crippen molar-refractivity contribution in [3.05, 3.63) is 47.1 Å². The number of aliphatic carboxylic acids is 1. The minimum Gasteiger partial charge on any atom is -0.481 e. The Bertz CT molecular complexity index is 583. The summed E-state index contributed by atoms with van der Waals surface area (Å²) in [5, 5.41) is 11.7. The van der Waals surface area contributed by atoms with Crippen LogP contribution in [0.3, 0.4) is 0 Å². The third-order valence-electron chi connectivity index (χ3n) is 2.84. The molecule has 0 saturated carbocycles. The average Bonchev–Trinajstić information content (AvgIpc) is 2.87. The summed E-state index contributed by atoms with van der Waals surface area (Å²) in [6, 6.07) is 10.6. The van der Waals surface area contributed by atoms with E-state index in [1.54, 1.807) is 23.5 Å². The van der Waals surface area contributed by atoms with Crippen LogP contribution in [0.4, 0.5) is 4.39 Å². The second-order valence-corrected chi connectivity index (χ2v) is 5.59. The normalized spacial score (nSPS) is 10.7. The first kappa shape index (κ1) is 14.7. The molecule has 106 valence electrons. The molecular formula is C15H16FNO2S. The molecule has 0 amide bonds. The Morgan fingerprint density at radius 2 is 2.05 bits per heavy atom. The molecule has 0 saturated heterocycles. The van der Waals surface area contributed by atoms with Crippen LogP contribution in [0.1, 0.15) is 17.7 Å². The van der Waals surface area contributed by atoms with E-state index >= 15 is 0 Å². The Balaban J connectivity index is 1.87. The second kappa shape index (κ2) is 7.17. The van der Waals surface area contributed by atoms with Gasteiger partial charge in [0.05, 0.1) is 0 Å². The van der Waals surface area contributed by atoms with Gasteiger partial charge in [-0.1, -0.05) is 18.2 Å². The summed E-state index contributed by atoms with van der Waals surface area (Å²) in [5.74, 6) is -0.986. The van der Waals surface area contributed by atoms with Gasteiger partial charge in [-0.25, -0.2) is 4.39 Å². The minimum absolute atomic E-state index is 0.178. The van der Waals surface area contributed by atoms with Crippen molar-refractivity contribution in [1.29, 1.82) is 0 Å². The summed E-state index contributed by atoms with van der Waals surface area (Å²) in [4.78, 5) is 12.4. The Morgan fingerprint density at radius 3 is 2.80 bits per heavy atom. The van der Waals surface area contributed by atoms with Gasteiger partial charge in [-0.3, -0.25) is 4.79 Å². The van der Waals surface area contributed by atoms with Crippen LogP contribution >= 0.6 is 11.3 Å². The van der Waals surface area contributed by atoms with E-state index in [2.05, 4.69) is 5.32 Å². The summed E-state index contributed by atoms with van der Waals surface area (Å²) in [6.07, 6.45) is 0.790. The molecule has 0 aliphatic rings. The van der Waals surface area contributed by atoms with Crippen molar-refractivity contribution in [1.82, 2.24) is 5.32 Å². The quantitative estimate of drug-likeness (QED) is 0.768. The van der Waals surface area contributed by atoms with Crippen molar-refractivity contribution in [2.75, 3.05) is 6.54 Å². The molecule has 0 radical (unpaired) electrons. The maximum absolute atomic E-state index is 13.6. The lowest BCUT2D eigenvalue weighted by atomic mass is 10.2. The summed E-state index contributed by atoms with van der Waals surface area (Å²) in [5.41, 5.74) is 0.620. The summed E-state index contributed by atoms with van der Waals surface area (Å²) >= 11 is 1.55. The fourth-order valence-electron chi connectivity index (χ4n) is 1.85. The molecule has 0 spiro atoms. The highest BCUT2D eigenvalue weighted by Crippen LogP contribution is 2.29. The molecule has 1 heterocycles. The van der Waals surface area contributed by atoms with E-state index < -0.39 is 5.97 Å². The van der Waals surface area contributed by atoms with E-state index in [0.29, 0.717) is 25.1 Å². The second-order valence-electron chi connectivity index (χ2n) is 4.42. The highest BCUT2D eigenvalue weighted by atomic mass is 32.1. The SMILES string of the molecule is O=C(O)CCCNCc1ccc(-c2ccccc2F)s1. The van der Waals surface area contributed by atoms with E-state index in [1.165, 1.54) is 6.07 Å². The molecule has 0 fully saturated rings. The number of nitrogens with one attached hydrogen (secondary N) is 1. The van der Waals surface area contributed by atoms with Gasteiger partial charge in [0, 0.05) is 28.3 Å². The third-order valence-corrected chi connectivity index (χ3v) is 3.96. The highest BCUT2D eigenvalue weighted by Gasteiger charge is 2.07. The molecule has 0 aliphatic heterocycles. The summed E-state index contributed by atoms with van der Waals surface area (Å²) < 4.78 is 13.6. The highest BCUT2D eigenvalue weighted by molar-refractivity contribution is 7.15. The number of thiophene rings is 1. The van der Waals surface area contributed by atoms with E-state index in [0.717, 1.165) is 9.75 Å². The first-order valence-electron chi connectivity index (χ1n) is 6.43. The standard InChI is InChI=1S/C15H16FNO2S/c16-13-5-2-1-4-12(13)14-8-7-11(20-14)10-17-9-3-6-15(18)19/h1-2,4-5,7-8,17H,3,6,9-10H2,(H,18,19). The predicted octanol–water partition coefficient (Wildman–Crippen LogP) is 3.51. The predicted molar refractivity (Wildman–Crippen MR) is 78.3 cm³/mol. The van der Waals surface area contributed by atoms with Crippen LogP contribution in [0.5, 0.6) is 0 Å². The van der Waals surface area contributed by atoms with Crippen molar-refractivity contribution in [2.24, 2.45) is 0 Å². The number of carbonyl (C=O) groups is 1. The van der Waals surface area contributed by atoms with Crippen LogP contribution in [0, 0.1) is 5.82 Å². The molecule has 2 N–H and O–H groups in total. The number of benzene rings is 1. The van der Waals surface area contributed by atoms with Crippen molar-refractivity contribution in [3.63, 3.8) is 0 Å². The van der Waals surface area contributed by atoms with Crippen LogP contribution in [0.15, 0.2) is 36.4 Å². The number of halogens is 1. The van der Waals surface area contributed by atoms with E-state index in [4.69, 9.17) is 5.11 Å². The van der Waals surface area contributed by atoms with Gasteiger partial charge < -0.3 is 10.4 Å². The van der Waals surface area contributed by atoms with Gasteiger partial charge in [-0.2, -0.15) is 0 Å². The van der Waals surface area contributed by atoms with Gasteiger partial charge in [0.15, 0.2) is 0 Å². The van der Waals surface area contributed by atoms with Crippen molar-refractivity contribution >= 4 is 17.3 Å². The van der Waals surface area contributed by atoms with Gasteiger partial charge in [0.2, 0.25) is 0 Å². The van der Waals surface area contributed by atoms with Gasteiger partial charge in [-0.15, -0.1) is 11.3 Å². The van der Waals surface area contributed by atoms with Crippen LogP contribution in [-0.4, -0.2) is 17.6 Å². The molecule has 0 aliphatic carbocycles. The Hall–Kier alpha value is -1.72.